The molecule has 0 aliphatic rings. The average molecular weight is 216 g/mol. The van der Waals surface area contributed by atoms with Gasteiger partial charge in [0.05, 0.1) is 33.7 Å². The van der Waals surface area contributed by atoms with Gasteiger partial charge in [-0.1, -0.05) is 0 Å². The smallest absolute Gasteiger partial charge is 0.219 e. The average Bonchev–Trinajstić information content (AvgIpc) is 1.97. The van der Waals surface area contributed by atoms with Crippen molar-refractivity contribution in [2.45, 2.75) is 19.4 Å². The fraction of sp³-hybridized carbons (Fsp3) is 0.800. The van der Waals surface area contributed by atoms with E-state index >= 15 is 0 Å². The van der Waals surface area contributed by atoms with Crippen molar-refractivity contribution in [3.8, 4) is 0 Å². The highest BCUT2D eigenvalue weighted by Crippen LogP contribution is 2.06. The van der Waals surface area contributed by atoms with Crippen LogP contribution in [0.3, 0.4) is 0 Å². The molecule has 0 spiro atoms. The molecular formula is C10H20N2O3. The summed E-state index contributed by atoms with van der Waals surface area (Å²) in [5.41, 5.74) is 0. The zero-order valence-corrected chi connectivity index (χ0v) is 10.1. The SMILES string of the molecule is CC(=O)N(C)C(CC(=O)[O-])C[N+](C)(C)C. The summed E-state index contributed by atoms with van der Waals surface area (Å²) in [7, 11) is 7.48. The molecule has 1 atom stereocenters. The second-order valence-corrected chi connectivity index (χ2v) is 4.83. The number of carbonyl (C=O) groups is 2. The van der Waals surface area contributed by atoms with Gasteiger partial charge >= 0.3 is 0 Å². The quantitative estimate of drug-likeness (QED) is 0.536. The summed E-state index contributed by atoms with van der Waals surface area (Å²) >= 11 is 0. The predicted octanol–water partition coefficient (Wildman–Crippen LogP) is -1.32. The van der Waals surface area contributed by atoms with Crippen LogP contribution in [0.1, 0.15) is 13.3 Å². The van der Waals surface area contributed by atoms with Gasteiger partial charge in [0.25, 0.3) is 0 Å². The third kappa shape index (κ3) is 6.06. The van der Waals surface area contributed by atoms with Crippen molar-refractivity contribution in [3.63, 3.8) is 0 Å². The summed E-state index contributed by atoms with van der Waals surface area (Å²) in [4.78, 5) is 23.2. The van der Waals surface area contributed by atoms with E-state index in [1.807, 2.05) is 21.1 Å². The number of likely N-dealkylation sites (N-methyl/N-ethyl adjacent to an activating group) is 2. The van der Waals surface area contributed by atoms with Crippen LogP contribution in [0.4, 0.5) is 0 Å². The maximum atomic E-state index is 11.2. The number of aliphatic carboxylic acids is 1. The fourth-order valence-electron chi connectivity index (χ4n) is 1.41. The maximum Gasteiger partial charge on any atom is 0.219 e. The summed E-state index contributed by atoms with van der Waals surface area (Å²) in [6.45, 7) is 2.02. The van der Waals surface area contributed by atoms with Crippen molar-refractivity contribution < 1.29 is 19.2 Å². The molecular weight excluding hydrogens is 196 g/mol. The highest BCUT2D eigenvalue weighted by atomic mass is 16.4. The summed E-state index contributed by atoms with van der Waals surface area (Å²) in [6, 6.07) is -0.313. The Hall–Kier alpha value is -1.10. The van der Waals surface area contributed by atoms with Gasteiger partial charge in [0.2, 0.25) is 5.91 Å². The Balaban J connectivity index is 4.58. The molecule has 0 aromatic rings. The largest absolute Gasteiger partial charge is 0.550 e. The van der Waals surface area contributed by atoms with Crippen LogP contribution in [0.2, 0.25) is 0 Å². The second-order valence-electron chi connectivity index (χ2n) is 4.83. The Morgan fingerprint density at radius 3 is 2.07 bits per heavy atom. The molecule has 88 valence electrons. The van der Waals surface area contributed by atoms with Gasteiger partial charge < -0.3 is 19.3 Å². The molecule has 0 saturated heterocycles. The summed E-state index contributed by atoms with van der Waals surface area (Å²) in [5.74, 6) is -1.25. The summed E-state index contributed by atoms with van der Waals surface area (Å²) in [6.07, 6.45) is -0.119. The molecule has 0 aliphatic carbocycles. The summed E-state index contributed by atoms with van der Waals surface area (Å²) in [5, 5.41) is 10.6. The van der Waals surface area contributed by atoms with Crippen molar-refractivity contribution in [1.82, 2.24) is 4.90 Å². The van der Waals surface area contributed by atoms with E-state index in [9.17, 15) is 14.7 Å². The van der Waals surface area contributed by atoms with Crippen molar-refractivity contribution in [1.29, 1.82) is 0 Å². The van der Waals surface area contributed by atoms with E-state index in [2.05, 4.69) is 0 Å². The second kappa shape index (κ2) is 5.11. The number of quaternary nitrogens is 1. The first-order valence-electron chi connectivity index (χ1n) is 4.87. The minimum absolute atomic E-state index is 0.119. The number of carboxylic acid groups (broad SMARTS) is 1. The molecule has 0 aliphatic heterocycles. The minimum atomic E-state index is -1.12. The third-order valence-corrected chi connectivity index (χ3v) is 2.21. The van der Waals surface area contributed by atoms with Gasteiger partial charge in [0.15, 0.2) is 0 Å². The molecule has 1 unspecified atom stereocenters. The number of hydrogen-bond acceptors (Lipinski definition) is 3. The zero-order chi connectivity index (χ0) is 12.2. The van der Waals surface area contributed by atoms with Gasteiger partial charge in [-0.25, -0.2) is 0 Å². The number of nitrogens with zero attached hydrogens (tertiary/aromatic N) is 2. The van der Waals surface area contributed by atoms with Crippen LogP contribution < -0.4 is 5.11 Å². The Labute approximate surface area is 90.9 Å². The molecule has 15 heavy (non-hydrogen) atoms. The first-order chi connectivity index (χ1) is 6.63. The van der Waals surface area contributed by atoms with Gasteiger partial charge in [-0.2, -0.15) is 0 Å². The van der Waals surface area contributed by atoms with Crippen molar-refractivity contribution >= 4 is 11.9 Å². The molecule has 0 saturated carbocycles. The van der Waals surface area contributed by atoms with Crippen LogP contribution in [-0.2, 0) is 9.59 Å². The lowest BCUT2D eigenvalue weighted by atomic mass is 10.1. The van der Waals surface area contributed by atoms with Crippen molar-refractivity contribution in [2.24, 2.45) is 0 Å². The van der Waals surface area contributed by atoms with E-state index in [0.717, 1.165) is 0 Å². The Morgan fingerprint density at radius 1 is 1.33 bits per heavy atom. The van der Waals surface area contributed by atoms with E-state index in [1.165, 1.54) is 11.8 Å². The predicted molar refractivity (Wildman–Crippen MR) is 54.8 cm³/mol. The molecule has 0 aromatic heterocycles. The van der Waals surface area contributed by atoms with Gasteiger partial charge in [-0.3, -0.25) is 4.79 Å². The number of hydrogen-bond donors (Lipinski definition) is 0. The Bertz CT molecular complexity index is 246. The highest BCUT2D eigenvalue weighted by molar-refractivity contribution is 5.74. The first kappa shape index (κ1) is 13.9. The highest BCUT2D eigenvalue weighted by Gasteiger charge is 2.23. The number of amides is 1. The number of carboxylic acids is 1. The van der Waals surface area contributed by atoms with E-state index < -0.39 is 5.97 Å². The number of carbonyl (C=O) groups excluding carboxylic acids is 2. The van der Waals surface area contributed by atoms with Gasteiger partial charge in [0, 0.05) is 26.4 Å². The topological polar surface area (TPSA) is 60.4 Å². The van der Waals surface area contributed by atoms with Crippen LogP contribution in [0.5, 0.6) is 0 Å². The normalized spacial score (nSPS) is 13.4. The monoisotopic (exact) mass is 216 g/mol. The molecule has 0 heterocycles. The molecule has 0 bridgehead atoms. The maximum absolute atomic E-state index is 11.2. The van der Waals surface area contributed by atoms with Crippen LogP contribution in [-0.4, -0.2) is 62.0 Å². The molecule has 0 rings (SSSR count). The molecule has 0 fully saturated rings. The minimum Gasteiger partial charge on any atom is -0.550 e. The molecule has 0 radical (unpaired) electrons. The van der Waals surface area contributed by atoms with Gasteiger partial charge in [-0.05, 0) is 0 Å². The Kier molecular flexibility index (Phi) is 4.74. The lowest BCUT2D eigenvalue weighted by molar-refractivity contribution is -0.872. The van der Waals surface area contributed by atoms with E-state index in [4.69, 9.17) is 0 Å². The van der Waals surface area contributed by atoms with Gasteiger partial charge in [-0.15, -0.1) is 0 Å². The van der Waals surface area contributed by atoms with Crippen LogP contribution in [0.15, 0.2) is 0 Å². The lowest BCUT2D eigenvalue weighted by Gasteiger charge is -2.34. The molecule has 0 aromatic carbocycles. The van der Waals surface area contributed by atoms with Crippen LogP contribution in [0, 0.1) is 0 Å². The van der Waals surface area contributed by atoms with E-state index in [1.54, 1.807) is 7.05 Å². The molecule has 0 N–H and O–H groups in total. The Morgan fingerprint density at radius 2 is 1.80 bits per heavy atom. The summed E-state index contributed by atoms with van der Waals surface area (Å²) < 4.78 is 0.607. The van der Waals surface area contributed by atoms with E-state index in [0.29, 0.717) is 11.0 Å². The fourth-order valence-corrected chi connectivity index (χ4v) is 1.41. The van der Waals surface area contributed by atoms with Crippen molar-refractivity contribution in [3.05, 3.63) is 0 Å². The molecule has 5 heteroatoms. The molecule has 1 amide bonds. The van der Waals surface area contributed by atoms with Crippen LogP contribution in [0.25, 0.3) is 0 Å². The third-order valence-electron chi connectivity index (χ3n) is 2.21. The lowest BCUT2D eigenvalue weighted by Crippen LogP contribution is -2.51. The standard InChI is InChI=1S/C10H20N2O3/c1-8(13)11(2)9(6-10(14)15)7-12(3,4)5/h9H,6-7H2,1-5H3. The molecule has 5 nitrogen and oxygen atoms in total. The van der Waals surface area contributed by atoms with E-state index in [-0.39, 0.29) is 18.4 Å². The zero-order valence-electron chi connectivity index (χ0n) is 10.1. The van der Waals surface area contributed by atoms with Crippen LogP contribution >= 0.6 is 0 Å². The number of rotatable bonds is 5. The van der Waals surface area contributed by atoms with Crippen molar-refractivity contribution in [2.75, 3.05) is 34.7 Å². The van der Waals surface area contributed by atoms with Gasteiger partial charge in [0.1, 0.15) is 0 Å². The first-order valence-corrected chi connectivity index (χ1v) is 4.87.